The third kappa shape index (κ3) is 5.88. The molecule has 0 radical (unpaired) electrons. The van der Waals surface area contributed by atoms with Crippen molar-refractivity contribution in [2.75, 3.05) is 19.1 Å². The summed E-state index contributed by atoms with van der Waals surface area (Å²) in [4.78, 5) is 40.6. The summed E-state index contributed by atoms with van der Waals surface area (Å²) in [5.74, 6) is -0.813. The molecule has 1 aliphatic heterocycles. The minimum Gasteiger partial charge on any atom is -0.480 e. The normalized spacial score (nSPS) is 17.3. The highest BCUT2D eigenvalue weighted by atomic mass is 32.2. The number of carboxylic acids is 1. The van der Waals surface area contributed by atoms with E-state index >= 15 is 0 Å². The Morgan fingerprint density at radius 3 is 2.45 bits per heavy atom. The number of carbonyl (C=O) groups is 3. The maximum Gasteiger partial charge on any atom is 0.411 e. The molecule has 0 aliphatic carbocycles. The molecule has 160 valence electrons. The zero-order valence-corrected chi connectivity index (χ0v) is 18.5. The van der Waals surface area contributed by atoms with Crippen molar-refractivity contribution in [3.63, 3.8) is 0 Å². The number of carboxylic acid groups (broad SMARTS) is 1. The number of hydrogen-bond acceptors (Lipinski definition) is 5. The van der Waals surface area contributed by atoms with Gasteiger partial charge in [-0.3, -0.25) is 9.69 Å². The molecule has 1 aromatic rings. The lowest BCUT2D eigenvalue weighted by molar-refractivity contribution is -0.151. The van der Waals surface area contributed by atoms with E-state index in [0.29, 0.717) is 18.6 Å². The van der Waals surface area contributed by atoms with Crippen LogP contribution in [-0.4, -0.2) is 69.6 Å². The number of benzene rings is 1. The number of nitrogens with zero attached hydrogens (tertiary/aromatic N) is 2. The number of fused-ring (bicyclic) bond motifs is 1. The largest absolute Gasteiger partial charge is 0.480 e. The van der Waals surface area contributed by atoms with Gasteiger partial charge in [-0.1, -0.05) is 24.3 Å². The molecule has 1 aromatic carbocycles. The van der Waals surface area contributed by atoms with E-state index in [-0.39, 0.29) is 12.5 Å². The van der Waals surface area contributed by atoms with Crippen molar-refractivity contribution >= 4 is 29.7 Å². The van der Waals surface area contributed by atoms with Crippen molar-refractivity contribution < 1.29 is 24.2 Å². The van der Waals surface area contributed by atoms with Gasteiger partial charge >= 0.3 is 12.1 Å². The molecule has 0 saturated heterocycles. The topological polar surface area (TPSA) is 87.2 Å². The SMILES string of the molecule is CSCC[C@H](C(=O)O)N(C)C(=O)C1Cc2ccccc2CN1C(=O)OC(C)(C)C. The summed E-state index contributed by atoms with van der Waals surface area (Å²) in [6.45, 7) is 5.57. The van der Waals surface area contributed by atoms with E-state index in [4.69, 9.17) is 4.74 Å². The molecule has 0 fully saturated rings. The minimum atomic E-state index is -1.05. The van der Waals surface area contributed by atoms with E-state index in [9.17, 15) is 19.5 Å². The summed E-state index contributed by atoms with van der Waals surface area (Å²) in [5.41, 5.74) is 1.24. The summed E-state index contributed by atoms with van der Waals surface area (Å²) in [7, 11) is 1.50. The van der Waals surface area contributed by atoms with Crippen molar-refractivity contribution in [1.82, 2.24) is 9.80 Å². The molecule has 2 atom stereocenters. The average molecular weight is 423 g/mol. The van der Waals surface area contributed by atoms with Gasteiger partial charge in [0.2, 0.25) is 5.91 Å². The zero-order chi connectivity index (χ0) is 21.8. The van der Waals surface area contributed by atoms with Crippen LogP contribution in [0.1, 0.15) is 38.3 Å². The van der Waals surface area contributed by atoms with Gasteiger partial charge in [-0.15, -0.1) is 0 Å². The Hall–Kier alpha value is -2.22. The molecule has 0 spiro atoms. The van der Waals surface area contributed by atoms with Gasteiger partial charge in [-0.2, -0.15) is 11.8 Å². The van der Waals surface area contributed by atoms with Crippen LogP contribution in [0.15, 0.2) is 24.3 Å². The third-order valence-electron chi connectivity index (χ3n) is 4.86. The molecular weight excluding hydrogens is 392 g/mol. The van der Waals surface area contributed by atoms with Crippen LogP contribution in [0.4, 0.5) is 4.79 Å². The average Bonchev–Trinajstić information content (AvgIpc) is 2.64. The molecule has 29 heavy (non-hydrogen) atoms. The number of carbonyl (C=O) groups excluding carboxylic acids is 2. The highest BCUT2D eigenvalue weighted by molar-refractivity contribution is 7.98. The lowest BCUT2D eigenvalue weighted by Gasteiger charge is -2.39. The Kier molecular flexibility index (Phi) is 7.57. The number of likely N-dealkylation sites (N-methyl/N-ethyl adjacent to an activating group) is 1. The molecule has 1 N–H and O–H groups in total. The van der Waals surface area contributed by atoms with Gasteiger partial charge in [0.15, 0.2) is 0 Å². The van der Waals surface area contributed by atoms with Crippen molar-refractivity contribution in [2.45, 2.75) is 57.8 Å². The minimum absolute atomic E-state index is 0.248. The summed E-state index contributed by atoms with van der Waals surface area (Å²) in [6, 6.07) is 5.91. The first-order valence-corrected chi connectivity index (χ1v) is 11.0. The first kappa shape index (κ1) is 23.1. The molecule has 2 rings (SSSR count). The Morgan fingerprint density at radius 2 is 1.90 bits per heavy atom. The van der Waals surface area contributed by atoms with E-state index in [1.807, 2.05) is 30.5 Å². The summed E-state index contributed by atoms with van der Waals surface area (Å²) in [6.07, 6.45) is 1.99. The number of hydrogen-bond donors (Lipinski definition) is 1. The van der Waals surface area contributed by atoms with E-state index < -0.39 is 29.7 Å². The van der Waals surface area contributed by atoms with Crippen LogP contribution in [0.3, 0.4) is 0 Å². The predicted molar refractivity (Wildman–Crippen MR) is 113 cm³/mol. The quantitative estimate of drug-likeness (QED) is 0.758. The first-order chi connectivity index (χ1) is 13.5. The third-order valence-corrected chi connectivity index (χ3v) is 5.50. The monoisotopic (exact) mass is 422 g/mol. The van der Waals surface area contributed by atoms with Gasteiger partial charge in [0.1, 0.15) is 17.7 Å². The van der Waals surface area contributed by atoms with Crippen LogP contribution in [-0.2, 0) is 27.3 Å². The second-order valence-corrected chi connectivity index (χ2v) is 9.17. The van der Waals surface area contributed by atoms with E-state index in [0.717, 1.165) is 11.1 Å². The van der Waals surface area contributed by atoms with Crippen LogP contribution in [0.5, 0.6) is 0 Å². The van der Waals surface area contributed by atoms with Crippen LogP contribution in [0.25, 0.3) is 0 Å². The molecular formula is C21H30N2O5S. The van der Waals surface area contributed by atoms with Gasteiger partial charge in [-0.25, -0.2) is 9.59 Å². The Balaban J connectivity index is 2.32. The molecule has 0 aromatic heterocycles. The fourth-order valence-corrected chi connectivity index (χ4v) is 3.82. The molecule has 1 aliphatic rings. The number of aliphatic carboxylic acids is 1. The van der Waals surface area contributed by atoms with Crippen LogP contribution in [0.2, 0.25) is 0 Å². The van der Waals surface area contributed by atoms with E-state index in [1.54, 1.807) is 20.8 Å². The summed E-state index contributed by atoms with van der Waals surface area (Å²) < 4.78 is 5.52. The maximum atomic E-state index is 13.3. The van der Waals surface area contributed by atoms with Gasteiger partial charge in [0, 0.05) is 13.5 Å². The predicted octanol–water partition coefficient (Wildman–Crippen LogP) is 3.01. The Labute approximate surface area is 176 Å². The highest BCUT2D eigenvalue weighted by Gasteiger charge is 2.40. The van der Waals surface area contributed by atoms with Crippen molar-refractivity contribution in [3.05, 3.63) is 35.4 Å². The number of amides is 2. The maximum absolute atomic E-state index is 13.3. The lowest BCUT2D eigenvalue weighted by atomic mass is 9.93. The number of thioether (sulfide) groups is 1. The fourth-order valence-electron chi connectivity index (χ4n) is 3.36. The standard InChI is InChI=1S/C21H30N2O5S/c1-21(2,3)28-20(27)23-13-15-9-7-6-8-14(15)12-17(23)18(24)22(4)16(19(25)26)10-11-29-5/h6-9,16-17H,10-13H2,1-5H3,(H,25,26)/t16-,17?/m1/s1. The van der Waals surface area contributed by atoms with Gasteiger partial charge in [-0.05, 0) is 50.3 Å². The van der Waals surface area contributed by atoms with Crippen molar-refractivity contribution in [1.29, 1.82) is 0 Å². The fraction of sp³-hybridized carbons (Fsp3) is 0.571. The zero-order valence-electron chi connectivity index (χ0n) is 17.7. The van der Waals surface area contributed by atoms with Gasteiger partial charge in [0.05, 0.1) is 6.54 Å². The van der Waals surface area contributed by atoms with Crippen LogP contribution < -0.4 is 0 Å². The number of rotatable bonds is 6. The Bertz CT molecular complexity index is 762. The van der Waals surface area contributed by atoms with Gasteiger partial charge in [0.25, 0.3) is 0 Å². The van der Waals surface area contributed by atoms with E-state index in [2.05, 4.69) is 0 Å². The number of ether oxygens (including phenoxy) is 1. The molecule has 0 saturated carbocycles. The second-order valence-electron chi connectivity index (χ2n) is 8.18. The molecule has 1 unspecified atom stereocenters. The summed E-state index contributed by atoms with van der Waals surface area (Å²) in [5, 5.41) is 9.59. The van der Waals surface area contributed by atoms with E-state index in [1.165, 1.54) is 28.6 Å². The lowest BCUT2D eigenvalue weighted by Crippen LogP contribution is -2.56. The smallest absolute Gasteiger partial charge is 0.411 e. The Morgan fingerprint density at radius 1 is 1.28 bits per heavy atom. The second kappa shape index (κ2) is 9.52. The molecule has 0 bridgehead atoms. The van der Waals surface area contributed by atoms with Gasteiger partial charge < -0.3 is 14.7 Å². The highest BCUT2D eigenvalue weighted by Crippen LogP contribution is 2.27. The first-order valence-electron chi connectivity index (χ1n) is 9.60. The molecule has 8 heteroatoms. The van der Waals surface area contributed by atoms with Crippen molar-refractivity contribution in [3.8, 4) is 0 Å². The molecule has 2 amide bonds. The van der Waals surface area contributed by atoms with Crippen molar-refractivity contribution in [2.24, 2.45) is 0 Å². The van der Waals surface area contributed by atoms with Crippen LogP contribution in [0, 0.1) is 0 Å². The van der Waals surface area contributed by atoms with Crippen LogP contribution >= 0.6 is 11.8 Å². The summed E-state index contributed by atoms with van der Waals surface area (Å²) >= 11 is 1.53. The molecule has 1 heterocycles. The molecule has 7 nitrogen and oxygen atoms in total.